The van der Waals surface area contributed by atoms with E-state index in [-0.39, 0.29) is 11.1 Å². The molecule has 0 aliphatic heterocycles. The Morgan fingerprint density at radius 1 is 0.795 bits per heavy atom. The van der Waals surface area contributed by atoms with Gasteiger partial charge in [-0.2, -0.15) is 0 Å². The quantitative estimate of drug-likeness (QED) is 0.131. The van der Waals surface area contributed by atoms with E-state index in [2.05, 4.69) is 40.8 Å². The van der Waals surface area contributed by atoms with E-state index in [1.54, 1.807) is 12.3 Å². The summed E-state index contributed by atoms with van der Waals surface area (Å²) in [7, 11) is 0. The number of esters is 1. The highest BCUT2D eigenvalue weighted by Gasteiger charge is 2.18. The predicted molar refractivity (Wildman–Crippen MR) is 164 cm³/mol. The Labute approximate surface area is 242 Å². The number of carbonyl (C=O) groups is 2. The molecule has 1 N–H and O–H groups in total. The van der Waals surface area contributed by atoms with Crippen LogP contribution in [-0.4, -0.2) is 28.6 Å². The second-order valence-corrected chi connectivity index (χ2v) is 10.9. The number of aryl methyl sites for hydroxylation is 1. The summed E-state index contributed by atoms with van der Waals surface area (Å²) in [6.45, 7) is 4.74. The molecule has 1 heterocycles. The summed E-state index contributed by atoms with van der Waals surface area (Å²) < 4.78 is 6.44. The van der Waals surface area contributed by atoms with E-state index in [0.717, 1.165) is 47.7 Å². The maximum atomic E-state index is 12.4. The maximum absolute atomic E-state index is 12.4. The lowest BCUT2D eigenvalue weighted by Crippen LogP contribution is -2.13. The van der Waals surface area contributed by atoms with Crippen molar-refractivity contribution < 1.29 is 19.4 Å². The molecule has 0 fully saturated rings. The van der Waals surface area contributed by atoms with Crippen LogP contribution in [0.15, 0.2) is 59.2 Å². The molecule has 0 bridgehead atoms. The molecule has 0 aliphatic carbocycles. The van der Waals surface area contributed by atoms with Crippen LogP contribution in [0.25, 0.3) is 10.9 Å². The number of unbranched alkanes of at least 4 members (excludes halogenated alkanes) is 10. The van der Waals surface area contributed by atoms with Gasteiger partial charge in [0.05, 0.1) is 23.3 Å². The molecular weight excluding hydrogens is 554 g/mol. The van der Waals surface area contributed by atoms with E-state index in [4.69, 9.17) is 4.74 Å². The van der Waals surface area contributed by atoms with Gasteiger partial charge < -0.3 is 9.84 Å². The molecule has 0 spiro atoms. The number of benzene rings is 2. The topological polar surface area (TPSA) is 76.5 Å². The SMILES string of the molecule is Brc1ccc2ncccc2c1.CCCCCCCCOC(=O)c1cc(CCCCCCCC)ccc1C(=O)O. The number of fused-ring (bicyclic) bond motifs is 1. The van der Waals surface area contributed by atoms with Gasteiger partial charge in [0.2, 0.25) is 0 Å². The number of nitrogens with zero attached hydrogens (tertiary/aromatic N) is 1. The molecule has 3 aromatic rings. The zero-order valence-corrected chi connectivity index (χ0v) is 25.2. The number of carboxylic acid groups (broad SMARTS) is 1. The number of aromatic nitrogens is 1. The predicted octanol–water partition coefficient (Wildman–Crippen LogP) is 9.80. The summed E-state index contributed by atoms with van der Waals surface area (Å²) in [6.07, 6.45) is 16.6. The summed E-state index contributed by atoms with van der Waals surface area (Å²) in [5.74, 6) is -1.60. The monoisotopic (exact) mass is 597 g/mol. The van der Waals surface area contributed by atoms with Crippen molar-refractivity contribution in [1.29, 1.82) is 0 Å². The Morgan fingerprint density at radius 3 is 2.15 bits per heavy atom. The van der Waals surface area contributed by atoms with Crippen molar-refractivity contribution in [3.8, 4) is 0 Å². The molecule has 0 saturated heterocycles. The van der Waals surface area contributed by atoms with Crippen LogP contribution in [0.2, 0.25) is 0 Å². The van der Waals surface area contributed by atoms with Gasteiger partial charge in [-0.15, -0.1) is 0 Å². The second kappa shape index (κ2) is 19.3. The molecule has 0 amide bonds. The summed E-state index contributed by atoms with van der Waals surface area (Å²) in [4.78, 5) is 28.1. The highest BCUT2D eigenvalue weighted by Crippen LogP contribution is 2.18. The lowest BCUT2D eigenvalue weighted by atomic mass is 9.99. The molecule has 2 aromatic carbocycles. The van der Waals surface area contributed by atoms with Gasteiger partial charge in [-0.05, 0) is 61.2 Å². The molecule has 1 aromatic heterocycles. The Morgan fingerprint density at radius 2 is 1.46 bits per heavy atom. The molecule has 212 valence electrons. The molecule has 0 unspecified atom stereocenters. The first kappa shape index (κ1) is 32.5. The third-order valence-corrected chi connectivity index (χ3v) is 7.14. The third kappa shape index (κ3) is 12.8. The van der Waals surface area contributed by atoms with E-state index < -0.39 is 11.9 Å². The summed E-state index contributed by atoms with van der Waals surface area (Å²) >= 11 is 3.40. The van der Waals surface area contributed by atoms with Gasteiger partial charge in [-0.25, -0.2) is 9.59 Å². The van der Waals surface area contributed by atoms with Crippen LogP contribution >= 0.6 is 15.9 Å². The number of hydrogen-bond donors (Lipinski definition) is 1. The summed E-state index contributed by atoms with van der Waals surface area (Å²) in [5, 5.41) is 10.6. The number of carbonyl (C=O) groups excluding carboxylic acids is 1. The Hall–Kier alpha value is -2.73. The average molecular weight is 599 g/mol. The number of aromatic carboxylic acids is 1. The molecule has 0 radical (unpaired) electrons. The highest BCUT2D eigenvalue weighted by atomic mass is 79.9. The van der Waals surface area contributed by atoms with Crippen LogP contribution in [-0.2, 0) is 11.2 Å². The van der Waals surface area contributed by atoms with Crippen molar-refractivity contribution in [2.75, 3.05) is 6.61 Å². The lowest BCUT2D eigenvalue weighted by Gasteiger charge is -2.10. The van der Waals surface area contributed by atoms with Crippen molar-refractivity contribution in [2.24, 2.45) is 0 Å². The molecular formula is C33H44BrNO4. The van der Waals surface area contributed by atoms with Crippen molar-refractivity contribution in [1.82, 2.24) is 4.98 Å². The summed E-state index contributed by atoms with van der Waals surface area (Å²) in [5.41, 5.74) is 2.25. The Balaban J connectivity index is 0.000000397. The van der Waals surface area contributed by atoms with Crippen molar-refractivity contribution in [2.45, 2.75) is 97.3 Å². The second-order valence-electron chi connectivity index (χ2n) is 9.95. The van der Waals surface area contributed by atoms with Crippen molar-refractivity contribution in [3.05, 3.63) is 75.9 Å². The zero-order valence-electron chi connectivity index (χ0n) is 23.6. The number of ether oxygens (including phenoxy) is 1. The highest BCUT2D eigenvalue weighted by molar-refractivity contribution is 9.10. The minimum atomic E-state index is -1.09. The van der Waals surface area contributed by atoms with E-state index in [1.807, 2.05) is 30.3 Å². The van der Waals surface area contributed by atoms with Crippen LogP contribution in [0.3, 0.4) is 0 Å². The van der Waals surface area contributed by atoms with Gasteiger partial charge in [0.15, 0.2) is 0 Å². The number of rotatable bonds is 16. The first-order valence-corrected chi connectivity index (χ1v) is 15.3. The fraction of sp³-hybridized carbons (Fsp3) is 0.485. The smallest absolute Gasteiger partial charge is 0.339 e. The van der Waals surface area contributed by atoms with Crippen molar-refractivity contribution in [3.63, 3.8) is 0 Å². The fourth-order valence-electron chi connectivity index (χ4n) is 4.38. The lowest BCUT2D eigenvalue weighted by molar-refractivity contribution is 0.0487. The van der Waals surface area contributed by atoms with Gasteiger partial charge in [-0.1, -0.05) is 106 Å². The molecule has 39 heavy (non-hydrogen) atoms. The first-order valence-electron chi connectivity index (χ1n) is 14.5. The van der Waals surface area contributed by atoms with E-state index in [1.165, 1.54) is 62.8 Å². The van der Waals surface area contributed by atoms with E-state index >= 15 is 0 Å². The Kier molecular flexibility index (Phi) is 16.1. The minimum absolute atomic E-state index is 0.0274. The van der Waals surface area contributed by atoms with Gasteiger partial charge in [0, 0.05) is 16.1 Å². The van der Waals surface area contributed by atoms with E-state index in [0.29, 0.717) is 6.61 Å². The largest absolute Gasteiger partial charge is 0.478 e. The third-order valence-electron chi connectivity index (χ3n) is 6.65. The first-order chi connectivity index (χ1) is 19.0. The van der Waals surface area contributed by atoms with Crippen LogP contribution in [0.4, 0.5) is 0 Å². The zero-order chi connectivity index (χ0) is 28.3. The number of halogens is 1. The van der Waals surface area contributed by atoms with Gasteiger partial charge >= 0.3 is 11.9 Å². The van der Waals surface area contributed by atoms with Gasteiger partial charge in [0.25, 0.3) is 0 Å². The van der Waals surface area contributed by atoms with Crippen molar-refractivity contribution >= 4 is 38.8 Å². The van der Waals surface area contributed by atoms with Crippen LogP contribution in [0, 0.1) is 0 Å². The number of carboxylic acids is 1. The molecule has 0 aliphatic rings. The molecule has 6 heteroatoms. The van der Waals surface area contributed by atoms with Gasteiger partial charge in [-0.3, -0.25) is 4.98 Å². The molecule has 5 nitrogen and oxygen atoms in total. The van der Waals surface area contributed by atoms with Gasteiger partial charge in [0.1, 0.15) is 0 Å². The standard InChI is InChI=1S/C24H38O4.C9H6BrN/c1-3-5-7-9-11-13-15-20-16-17-21(23(25)26)22(19-20)24(27)28-18-14-12-10-8-6-4-2;10-8-3-4-9-7(6-8)2-1-5-11-9/h16-17,19H,3-15,18H2,1-2H3,(H,25,26);1-6H. The minimum Gasteiger partial charge on any atom is -0.478 e. The Bertz CT molecular complexity index is 1150. The van der Waals surface area contributed by atoms with E-state index in [9.17, 15) is 14.7 Å². The van der Waals surface area contributed by atoms with Crippen LogP contribution in [0.1, 0.15) is 117 Å². The molecule has 0 saturated carbocycles. The number of pyridine rings is 1. The summed E-state index contributed by atoms with van der Waals surface area (Å²) in [6, 6.07) is 15.1. The van der Waals surface area contributed by atoms with Crippen LogP contribution in [0.5, 0.6) is 0 Å². The fourth-order valence-corrected chi connectivity index (χ4v) is 4.76. The van der Waals surface area contributed by atoms with Crippen LogP contribution < -0.4 is 0 Å². The molecule has 3 rings (SSSR count). The molecule has 0 atom stereocenters. The maximum Gasteiger partial charge on any atom is 0.339 e. The normalized spacial score (nSPS) is 10.6. The number of hydrogen-bond acceptors (Lipinski definition) is 4. The average Bonchev–Trinajstić information content (AvgIpc) is 2.94.